The van der Waals surface area contributed by atoms with Crippen LogP contribution in [0, 0.1) is 0 Å². The fourth-order valence-electron chi connectivity index (χ4n) is 2.28. The molecule has 4 nitrogen and oxygen atoms in total. The van der Waals surface area contributed by atoms with Crippen molar-refractivity contribution in [2.75, 3.05) is 6.54 Å². The highest BCUT2D eigenvalue weighted by Gasteiger charge is 2.25. The summed E-state index contributed by atoms with van der Waals surface area (Å²) in [6.07, 6.45) is 2.26. The molecule has 2 aromatic rings. The first-order chi connectivity index (χ1) is 10.7. The summed E-state index contributed by atoms with van der Waals surface area (Å²) in [6, 6.07) is 11.0. The minimum absolute atomic E-state index is 0.258. The summed E-state index contributed by atoms with van der Waals surface area (Å²) in [7, 11) is -3.57. The molecule has 0 aliphatic carbocycles. The highest BCUT2D eigenvalue weighted by atomic mass is 79.9. The normalized spacial score (nSPS) is 12.3. The monoisotopic (exact) mass is 396 g/mol. The number of sulfonamides is 1. The Kier molecular flexibility index (Phi) is 5.60. The van der Waals surface area contributed by atoms with E-state index in [1.54, 1.807) is 12.3 Å². The van der Waals surface area contributed by atoms with Gasteiger partial charge in [-0.05, 0) is 35.2 Å². The molecule has 124 valence electrons. The maximum Gasteiger partial charge on any atom is 0.240 e. The molecule has 1 N–H and O–H groups in total. The molecule has 1 heterocycles. The fraction of sp³-hybridized carbons (Fsp3) is 0.353. The average Bonchev–Trinajstić information content (AvgIpc) is 2.47. The third kappa shape index (κ3) is 4.86. The first-order valence-corrected chi connectivity index (χ1v) is 9.67. The summed E-state index contributed by atoms with van der Waals surface area (Å²) in [5.74, 6) is 0. The molecule has 0 aliphatic heterocycles. The molecule has 1 aromatic heterocycles. The minimum Gasteiger partial charge on any atom is -0.261 e. The number of pyridine rings is 1. The lowest BCUT2D eigenvalue weighted by Crippen LogP contribution is -2.29. The summed E-state index contributed by atoms with van der Waals surface area (Å²) >= 11 is 3.36. The van der Waals surface area contributed by atoms with E-state index in [1.807, 2.05) is 51.1 Å². The van der Waals surface area contributed by atoms with Crippen molar-refractivity contribution in [3.8, 4) is 0 Å². The van der Waals surface area contributed by atoms with Gasteiger partial charge in [-0.15, -0.1) is 0 Å². The molecule has 0 saturated carbocycles. The Morgan fingerprint density at radius 3 is 2.52 bits per heavy atom. The molecular formula is C17H21BrN2O2S. The first kappa shape index (κ1) is 18.1. The van der Waals surface area contributed by atoms with Gasteiger partial charge in [-0.2, -0.15) is 0 Å². The highest BCUT2D eigenvalue weighted by Crippen LogP contribution is 2.31. The molecule has 1 aromatic carbocycles. The molecule has 6 heteroatoms. The van der Waals surface area contributed by atoms with Gasteiger partial charge in [0.05, 0.1) is 4.90 Å². The molecule has 0 fully saturated rings. The van der Waals surface area contributed by atoms with Gasteiger partial charge in [0.2, 0.25) is 10.0 Å². The Hall–Kier alpha value is -1.24. The lowest BCUT2D eigenvalue weighted by molar-refractivity contribution is 0.554. The van der Waals surface area contributed by atoms with Crippen LogP contribution in [0.25, 0.3) is 0 Å². The van der Waals surface area contributed by atoms with E-state index < -0.39 is 10.0 Å². The number of hydrogen-bond donors (Lipinski definition) is 1. The van der Waals surface area contributed by atoms with E-state index in [2.05, 4.69) is 25.6 Å². The highest BCUT2D eigenvalue weighted by molar-refractivity contribution is 9.10. The quantitative estimate of drug-likeness (QED) is 0.838. The van der Waals surface area contributed by atoms with E-state index in [4.69, 9.17) is 0 Å². The molecule has 0 spiro atoms. The number of halogens is 1. The van der Waals surface area contributed by atoms with Crippen LogP contribution in [0.5, 0.6) is 0 Å². The predicted molar refractivity (Wildman–Crippen MR) is 96.0 cm³/mol. The zero-order valence-electron chi connectivity index (χ0n) is 13.5. The van der Waals surface area contributed by atoms with E-state index in [0.717, 1.165) is 15.7 Å². The maximum atomic E-state index is 12.7. The maximum absolute atomic E-state index is 12.7. The Labute approximate surface area is 146 Å². The van der Waals surface area contributed by atoms with Crippen molar-refractivity contribution in [3.63, 3.8) is 0 Å². The van der Waals surface area contributed by atoms with Gasteiger partial charge in [-0.25, -0.2) is 13.1 Å². The third-order valence-electron chi connectivity index (χ3n) is 3.44. The SMILES string of the molecule is CC(C)(C)c1ccc(Br)cc1S(=O)(=O)NCCc1ccccn1. The molecule has 0 saturated heterocycles. The van der Waals surface area contributed by atoms with E-state index in [1.165, 1.54) is 0 Å². The van der Waals surface area contributed by atoms with Crippen LogP contribution in [-0.4, -0.2) is 19.9 Å². The van der Waals surface area contributed by atoms with E-state index in [0.29, 0.717) is 17.9 Å². The van der Waals surface area contributed by atoms with Gasteiger partial charge < -0.3 is 0 Å². The zero-order chi connectivity index (χ0) is 17.1. The van der Waals surface area contributed by atoms with Crippen LogP contribution >= 0.6 is 15.9 Å². The molecule has 0 bridgehead atoms. The molecule has 0 amide bonds. The van der Waals surface area contributed by atoms with Crippen molar-refractivity contribution in [3.05, 3.63) is 58.3 Å². The van der Waals surface area contributed by atoms with Gasteiger partial charge >= 0.3 is 0 Å². The first-order valence-electron chi connectivity index (χ1n) is 7.40. The number of benzene rings is 1. The van der Waals surface area contributed by atoms with Crippen LogP contribution in [0.1, 0.15) is 32.0 Å². The van der Waals surface area contributed by atoms with Crippen molar-refractivity contribution in [2.45, 2.75) is 37.5 Å². The molecule has 0 aliphatic rings. The second-order valence-electron chi connectivity index (χ2n) is 6.36. The van der Waals surface area contributed by atoms with Crippen LogP contribution in [0.3, 0.4) is 0 Å². The van der Waals surface area contributed by atoms with Gasteiger partial charge in [-0.1, -0.05) is 48.8 Å². The summed E-state index contributed by atoms with van der Waals surface area (Å²) in [5.41, 5.74) is 1.40. The van der Waals surface area contributed by atoms with Gasteiger partial charge in [0.25, 0.3) is 0 Å². The average molecular weight is 397 g/mol. The summed E-state index contributed by atoms with van der Waals surface area (Å²) in [5, 5.41) is 0. The van der Waals surface area contributed by atoms with Crippen LogP contribution in [-0.2, 0) is 21.9 Å². The zero-order valence-corrected chi connectivity index (χ0v) is 15.9. The fourth-order valence-corrected chi connectivity index (χ4v) is 4.26. The van der Waals surface area contributed by atoms with Crippen molar-refractivity contribution < 1.29 is 8.42 Å². The number of nitrogens with one attached hydrogen (secondary N) is 1. The Bertz CT molecular complexity index is 769. The molecular weight excluding hydrogens is 376 g/mol. The summed E-state index contributed by atoms with van der Waals surface area (Å²) < 4.78 is 28.8. The number of nitrogens with zero attached hydrogens (tertiary/aromatic N) is 1. The molecule has 23 heavy (non-hydrogen) atoms. The van der Waals surface area contributed by atoms with Crippen molar-refractivity contribution in [1.82, 2.24) is 9.71 Å². The van der Waals surface area contributed by atoms with Crippen molar-refractivity contribution >= 4 is 26.0 Å². The lowest BCUT2D eigenvalue weighted by atomic mass is 9.87. The number of aromatic nitrogens is 1. The second kappa shape index (κ2) is 7.11. The smallest absolute Gasteiger partial charge is 0.240 e. The number of hydrogen-bond acceptors (Lipinski definition) is 3. The molecule has 0 atom stereocenters. The van der Waals surface area contributed by atoms with E-state index >= 15 is 0 Å². The second-order valence-corrected chi connectivity index (χ2v) is 9.01. The minimum atomic E-state index is -3.57. The van der Waals surface area contributed by atoms with Crippen molar-refractivity contribution in [2.24, 2.45) is 0 Å². The van der Waals surface area contributed by atoms with Crippen LogP contribution < -0.4 is 4.72 Å². The van der Waals surface area contributed by atoms with Gasteiger partial charge in [0, 0.05) is 29.3 Å². The lowest BCUT2D eigenvalue weighted by Gasteiger charge is -2.23. The Balaban J connectivity index is 2.21. The Morgan fingerprint density at radius 2 is 1.91 bits per heavy atom. The summed E-state index contributed by atoms with van der Waals surface area (Å²) in [6.45, 7) is 6.32. The largest absolute Gasteiger partial charge is 0.261 e. The van der Waals surface area contributed by atoms with Gasteiger partial charge in [0.1, 0.15) is 0 Å². The van der Waals surface area contributed by atoms with Crippen molar-refractivity contribution in [1.29, 1.82) is 0 Å². The third-order valence-corrected chi connectivity index (χ3v) is 5.43. The predicted octanol–water partition coefficient (Wildman–Crippen LogP) is 3.66. The van der Waals surface area contributed by atoms with E-state index in [-0.39, 0.29) is 5.41 Å². The molecule has 0 unspecified atom stereocenters. The van der Waals surface area contributed by atoms with Gasteiger partial charge in [0.15, 0.2) is 0 Å². The van der Waals surface area contributed by atoms with Gasteiger partial charge in [-0.3, -0.25) is 4.98 Å². The summed E-state index contributed by atoms with van der Waals surface area (Å²) in [4.78, 5) is 4.52. The standard InChI is InChI=1S/C17H21BrN2O2S/c1-17(2,3)15-8-7-13(18)12-16(15)23(21,22)20-11-9-14-6-4-5-10-19-14/h4-8,10,12,20H,9,11H2,1-3H3. The Morgan fingerprint density at radius 1 is 1.17 bits per heavy atom. The molecule has 0 radical (unpaired) electrons. The van der Waals surface area contributed by atoms with Crippen LogP contribution in [0.4, 0.5) is 0 Å². The van der Waals surface area contributed by atoms with E-state index in [9.17, 15) is 8.42 Å². The topological polar surface area (TPSA) is 59.1 Å². The van der Waals surface area contributed by atoms with Crippen LogP contribution in [0.15, 0.2) is 52.0 Å². The van der Waals surface area contributed by atoms with Crippen LogP contribution in [0.2, 0.25) is 0 Å². The number of rotatable bonds is 5. The molecule has 2 rings (SSSR count).